The van der Waals surface area contributed by atoms with Crippen molar-refractivity contribution in [3.63, 3.8) is 0 Å². The normalized spacial score (nSPS) is 28.5. The Bertz CT molecular complexity index is 847. The summed E-state index contributed by atoms with van der Waals surface area (Å²) < 4.78 is 7.10. The SMILES string of the molecule is O[C@@H]1[C@H](O)[C@@H](CON(O)O)O[C@H]1n1cnc2c(NC3CCCCC3)nc(Cl)nc21. The summed E-state index contributed by atoms with van der Waals surface area (Å²) in [6.45, 7) is -0.390. The number of anilines is 1. The third-order valence-corrected chi connectivity index (χ3v) is 5.47. The van der Waals surface area contributed by atoms with Gasteiger partial charge in [-0.25, -0.2) is 9.82 Å². The Hall–Kier alpha value is -1.64. The van der Waals surface area contributed by atoms with Crippen molar-refractivity contribution >= 4 is 28.6 Å². The van der Waals surface area contributed by atoms with Crippen molar-refractivity contribution in [2.24, 2.45) is 0 Å². The van der Waals surface area contributed by atoms with Gasteiger partial charge >= 0.3 is 0 Å². The molecule has 3 heterocycles. The van der Waals surface area contributed by atoms with E-state index < -0.39 is 36.5 Å². The Morgan fingerprint density at radius 3 is 2.69 bits per heavy atom. The van der Waals surface area contributed by atoms with Gasteiger partial charge in [0.2, 0.25) is 5.28 Å². The van der Waals surface area contributed by atoms with Crippen LogP contribution in [0.2, 0.25) is 5.28 Å². The summed E-state index contributed by atoms with van der Waals surface area (Å²) in [7, 11) is 0. The van der Waals surface area contributed by atoms with Gasteiger partial charge in [0, 0.05) is 6.04 Å². The Morgan fingerprint density at radius 2 is 1.97 bits per heavy atom. The van der Waals surface area contributed by atoms with E-state index >= 15 is 0 Å². The lowest BCUT2D eigenvalue weighted by Gasteiger charge is -2.23. The van der Waals surface area contributed by atoms with Crippen molar-refractivity contribution in [1.29, 1.82) is 0 Å². The van der Waals surface area contributed by atoms with Crippen molar-refractivity contribution in [1.82, 2.24) is 24.9 Å². The van der Waals surface area contributed by atoms with Crippen molar-refractivity contribution in [2.45, 2.75) is 62.7 Å². The number of nitrogens with zero attached hydrogens (tertiary/aromatic N) is 5. The van der Waals surface area contributed by atoms with Crippen molar-refractivity contribution in [2.75, 3.05) is 11.9 Å². The highest BCUT2D eigenvalue weighted by molar-refractivity contribution is 6.28. The van der Waals surface area contributed by atoms with Crippen molar-refractivity contribution < 1.29 is 30.2 Å². The molecule has 12 nitrogen and oxygen atoms in total. The van der Waals surface area contributed by atoms with Gasteiger partial charge in [0.1, 0.15) is 24.9 Å². The summed E-state index contributed by atoms with van der Waals surface area (Å²) in [5.41, 5.74) is 0.814. The summed E-state index contributed by atoms with van der Waals surface area (Å²) >= 11 is 6.12. The fourth-order valence-electron chi connectivity index (χ4n) is 3.85. The third kappa shape index (κ3) is 4.29. The smallest absolute Gasteiger partial charge is 0.226 e. The molecule has 0 aromatic carbocycles. The fourth-order valence-corrected chi connectivity index (χ4v) is 4.02. The summed E-state index contributed by atoms with van der Waals surface area (Å²) in [6, 6.07) is 0.277. The van der Waals surface area contributed by atoms with Crippen LogP contribution in [0, 0.1) is 0 Å². The molecular formula is C16H23ClN6O6. The Kier molecular flexibility index (Phi) is 6.13. The van der Waals surface area contributed by atoms with E-state index in [1.54, 1.807) is 0 Å². The minimum Gasteiger partial charge on any atom is -0.387 e. The molecule has 1 aliphatic carbocycles. The zero-order valence-electron chi connectivity index (χ0n) is 15.4. The van der Waals surface area contributed by atoms with Gasteiger partial charge in [-0.2, -0.15) is 9.97 Å². The zero-order chi connectivity index (χ0) is 20.5. The molecule has 29 heavy (non-hydrogen) atoms. The van der Waals surface area contributed by atoms with E-state index in [9.17, 15) is 10.2 Å². The van der Waals surface area contributed by atoms with Crippen LogP contribution in [0.4, 0.5) is 5.82 Å². The van der Waals surface area contributed by atoms with Gasteiger partial charge in [-0.3, -0.25) is 15.0 Å². The van der Waals surface area contributed by atoms with E-state index in [1.807, 2.05) is 0 Å². The maximum Gasteiger partial charge on any atom is 0.226 e. The quantitative estimate of drug-likeness (QED) is 0.326. The second-order valence-corrected chi connectivity index (χ2v) is 7.58. The van der Waals surface area contributed by atoms with Crippen molar-refractivity contribution in [3.05, 3.63) is 11.6 Å². The molecule has 0 amide bonds. The number of nitrogens with one attached hydrogen (secondary N) is 1. The van der Waals surface area contributed by atoms with E-state index in [-0.39, 0.29) is 11.3 Å². The van der Waals surface area contributed by atoms with Gasteiger partial charge in [-0.05, 0) is 24.4 Å². The molecule has 4 rings (SSSR count). The molecule has 2 fully saturated rings. The van der Waals surface area contributed by atoms with Crippen LogP contribution in [-0.4, -0.2) is 76.5 Å². The lowest BCUT2D eigenvalue weighted by atomic mass is 9.95. The zero-order valence-corrected chi connectivity index (χ0v) is 16.2. The number of aromatic nitrogens is 4. The van der Waals surface area contributed by atoms with Gasteiger partial charge in [-0.15, -0.1) is 0 Å². The highest BCUT2D eigenvalue weighted by Gasteiger charge is 2.44. The lowest BCUT2D eigenvalue weighted by Crippen LogP contribution is -2.35. The first kappa shape index (κ1) is 20.6. The Balaban J connectivity index is 1.59. The van der Waals surface area contributed by atoms with Gasteiger partial charge in [0.25, 0.3) is 0 Å². The molecule has 1 saturated carbocycles. The van der Waals surface area contributed by atoms with E-state index in [0.29, 0.717) is 17.0 Å². The number of imidazole rings is 1. The van der Waals surface area contributed by atoms with E-state index in [0.717, 1.165) is 25.7 Å². The molecule has 0 unspecified atom stereocenters. The Morgan fingerprint density at radius 1 is 1.21 bits per heavy atom. The maximum atomic E-state index is 10.4. The number of halogens is 1. The van der Waals surface area contributed by atoms with Crippen LogP contribution in [0.5, 0.6) is 0 Å². The van der Waals surface area contributed by atoms with Crippen LogP contribution in [-0.2, 0) is 9.57 Å². The number of hydrogen-bond donors (Lipinski definition) is 5. The molecule has 1 aliphatic heterocycles. The summed E-state index contributed by atoms with van der Waals surface area (Å²) in [4.78, 5) is 17.3. The monoisotopic (exact) mass is 430 g/mol. The van der Waals surface area contributed by atoms with Crippen LogP contribution in [0.25, 0.3) is 11.2 Å². The maximum absolute atomic E-state index is 10.4. The molecule has 160 valence electrons. The molecule has 5 N–H and O–H groups in total. The average Bonchev–Trinajstić information content (AvgIpc) is 3.23. The van der Waals surface area contributed by atoms with Crippen LogP contribution >= 0.6 is 11.6 Å². The molecule has 0 radical (unpaired) electrons. The first-order valence-electron chi connectivity index (χ1n) is 9.43. The number of ether oxygens (including phenoxy) is 1. The molecule has 1 saturated heterocycles. The predicted octanol–water partition coefficient (Wildman–Crippen LogP) is 0.855. The molecule has 2 aliphatic rings. The summed E-state index contributed by atoms with van der Waals surface area (Å²) in [5, 5.41) is 40.9. The lowest BCUT2D eigenvalue weighted by molar-refractivity contribution is -0.496. The topological polar surface area (TPSA) is 158 Å². The van der Waals surface area contributed by atoms with E-state index in [2.05, 4.69) is 25.1 Å². The number of aliphatic hydroxyl groups is 2. The number of fused-ring (bicyclic) bond motifs is 1. The number of aliphatic hydroxyl groups excluding tert-OH is 2. The predicted molar refractivity (Wildman–Crippen MR) is 98.1 cm³/mol. The highest BCUT2D eigenvalue weighted by Crippen LogP contribution is 2.33. The van der Waals surface area contributed by atoms with Gasteiger partial charge < -0.3 is 20.3 Å². The molecule has 13 heteroatoms. The molecule has 4 atom stereocenters. The number of rotatable bonds is 6. The average molecular weight is 431 g/mol. The van der Waals surface area contributed by atoms with Crippen LogP contribution in [0.15, 0.2) is 6.33 Å². The molecule has 2 aromatic heterocycles. The second kappa shape index (κ2) is 8.62. The fraction of sp³-hybridized carbons (Fsp3) is 0.688. The van der Waals surface area contributed by atoms with E-state index in [4.69, 9.17) is 26.8 Å². The molecule has 0 spiro atoms. The highest BCUT2D eigenvalue weighted by atomic mass is 35.5. The minimum atomic E-state index is -1.32. The van der Waals surface area contributed by atoms with Crippen LogP contribution < -0.4 is 5.32 Å². The molecule has 0 bridgehead atoms. The van der Waals surface area contributed by atoms with Gasteiger partial charge in [-0.1, -0.05) is 19.3 Å². The van der Waals surface area contributed by atoms with Crippen LogP contribution in [0.1, 0.15) is 38.3 Å². The molecule has 2 aromatic rings. The summed E-state index contributed by atoms with van der Waals surface area (Å²) in [6.07, 6.45) is 2.34. The largest absolute Gasteiger partial charge is 0.387 e. The van der Waals surface area contributed by atoms with Gasteiger partial charge in [0.15, 0.2) is 23.2 Å². The van der Waals surface area contributed by atoms with E-state index in [1.165, 1.54) is 17.3 Å². The number of hydrogen-bond acceptors (Lipinski definition) is 11. The minimum absolute atomic E-state index is 0.0154. The second-order valence-electron chi connectivity index (χ2n) is 7.24. The molecular weight excluding hydrogens is 408 g/mol. The van der Waals surface area contributed by atoms with Crippen molar-refractivity contribution in [3.8, 4) is 0 Å². The van der Waals surface area contributed by atoms with Gasteiger partial charge in [0.05, 0.1) is 11.7 Å². The summed E-state index contributed by atoms with van der Waals surface area (Å²) in [5.74, 6) is 0.509. The Labute approximate surface area is 170 Å². The standard InChI is InChI=1S/C16H23ClN6O6/c17-16-20-13(19-8-4-2-1-3-5-8)10-14(21-16)22(7-18-10)15-12(25)11(24)9(29-15)6-28-23(26)27/h7-9,11-12,15,24-27H,1-6H2,(H,19,20,21)/t9-,11-,12-,15-/m1/s1. The third-order valence-electron chi connectivity index (χ3n) is 5.31. The first-order chi connectivity index (χ1) is 13.9. The van der Waals surface area contributed by atoms with Crippen LogP contribution in [0.3, 0.4) is 0 Å². The first-order valence-corrected chi connectivity index (χ1v) is 9.81.